The van der Waals surface area contributed by atoms with Gasteiger partial charge in [-0.05, 0) is 6.07 Å². The zero-order chi connectivity index (χ0) is 8.27. The monoisotopic (exact) mass is 149 g/mol. The average molecular weight is 149 g/mol. The van der Waals surface area contributed by atoms with Crippen LogP contribution < -0.4 is 4.90 Å². The number of pyridine rings is 1. The number of nitrogens with zero attached hydrogens (tertiary/aromatic N) is 4. The van der Waals surface area contributed by atoms with Gasteiger partial charge in [-0.25, -0.2) is 4.98 Å². The molecule has 1 aromatic heterocycles. The molecule has 1 rings (SSSR count). The molecule has 0 aliphatic heterocycles. The van der Waals surface area contributed by atoms with Crippen LogP contribution in [-0.2, 0) is 0 Å². The lowest BCUT2D eigenvalue weighted by Gasteiger charge is -2.06. The van der Waals surface area contributed by atoms with Gasteiger partial charge in [-0.1, -0.05) is 0 Å². The Hall–Kier alpha value is -1.63. The van der Waals surface area contributed by atoms with Crippen LogP contribution in [0.25, 0.3) is 4.98 Å². The van der Waals surface area contributed by atoms with Crippen molar-refractivity contribution in [3.63, 3.8) is 0 Å². The molecule has 0 aromatic carbocycles. The van der Waals surface area contributed by atoms with E-state index in [9.17, 15) is 0 Å². The normalized spacial score (nSPS) is 8.82. The van der Waals surface area contributed by atoms with Crippen LogP contribution in [0.2, 0.25) is 0 Å². The molecule has 0 N–H and O–H groups in total. The molecule has 0 saturated carbocycles. The van der Waals surface area contributed by atoms with Crippen molar-refractivity contribution < 1.29 is 0 Å². The van der Waals surface area contributed by atoms with Crippen LogP contribution in [0.4, 0.5) is 11.5 Å². The molecule has 0 aliphatic rings. The van der Waals surface area contributed by atoms with Crippen molar-refractivity contribution in [1.29, 1.82) is 5.39 Å². The Labute approximate surface area is 65.1 Å². The Balaban J connectivity index is 3.15. The van der Waals surface area contributed by atoms with E-state index >= 15 is 0 Å². The predicted octanol–water partition coefficient (Wildman–Crippen LogP) is 1.63. The Kier molecular flexibility index (Phi) is 2.02. The van der Waals surface area contributed by atoms with Gasteiger partial charge in [-0.3, -0.25) is 0 Å². The highest BCUT2D eigenvalue weighted by Crippen LogP contribution is 2.22. The molecule has 56 valence electrons. The molecule has 0 amide bonds. The van der Waals surface area contributed by atoms with Crippen LogP contribution in [-0.4, -0.2) is 19.1 Å². The molecule has 0 radical (unpaired) electrons. The molecule has 0 bridgehead atoms. The zero-order valence-corrected chi connectivity index (χ0v) is 6.52. The fourth-order valence-corrected chi connectivity index (χ4v) is 0.811. The van der Waals surface area contributed by atoms with Gasteiger partial charge in [0.15, 0.2) is 4.98 Å². The molecule has 4 nitrogen and oxygen atoms in total. The van der Waals surface area contributed by atoms with E-state index < -0.39 is 0 Å². The van der Waals surface area contributed by atoms with E-state index in [1.165, 1.54) is 0 Å². The quantitative estimate of drug-likeness (QED) is 0.570. The Morgan fingerprint density at radius 3 is 2.73 bits per heavy atom. The van der Waals surface area contributed by atoms with Gasteiger partial charge in [0.05, 0.1) is 0 Å². The van der Waals surface area contributed by atoms with E-state index in [0.29, 0.717) is 11.5 Å². The Morgan fingerprint density at radius 2 is 2.27 bits per heavy atom. The fraction of sp³-hybridized carbons (Fsp3) is 0.286. The maximum atomic E-state index is 8.53. The number of hydrogen-bond acceptors (Lipinski definition) is 3. The first-order chi connectivity index (χ1) is 5.25. The fourth-order valence-electron chi connectivity index (χ4n) is 0.811. The third-order valence-corrected chi connectivity index (χ3v) is 1.30. The highest BCUT2D eigenvalue weighted by Gasteiger charge is 2.14. The number of aromatic nitrogens is 1. The summed E-state index contributed by atoms with van der Waals surface area (Å²) in [7, 11) is 3.69. The van der Waals surface area contributed by atoms with Crippen molar-refractivity contribution >= 4 is 11.5 Å². The van der Waals surface area contributed by atoms with E-state index in [4.69, 9.17) is 5.39 Å². The molecule has 11 heavy (non-hydrogen) atoms. The summed E-state index contributed by atoms with van der Waals surface area (Å²) in [5.74, 6) is 0.662. The molecular weight excluding hydrogens is 140 g/mol. The minimum atomic E-state index is 0.484. The van der Waals surface area contributed by atoms with Crippen LogP contribution in [0.15, 0.2) is 18.3 Å². The number of diazo groups is 1. The topological polar surface area (TPSA) is 44.3 Å². The lowest BCUT2D eigenvalue weighted by Crippen LogP contribution is -2.10. The van der Waals surface area contributed by atoms with Crippen molar-refractivity contribution in [3.8, 4) is 0 Å². The first kappa shape index (κ1) is 7.48. The van der Waals surface area contributed by atoms with Crippen molar-refractivity contribution in [2.75, 3.05) is 19.0 Å². The van der Waals surface area contributed by atoms with Crippen LogP contribution in [0.3, 0.4) is 0 Å². The van der Waals surface area contributed by atoms with Crippen LogP contribution in [0, 0.1) is 5.39 Å². The number of anilines is 1. The summed E-state index contributed by atoms with van der Waals surface area (Å²) in [6.07, 6.45) is 1.66. The van der Waals surface area contributed by atoms with Gasteiger partial charge in [-0.15, -0.1) is 0 Å². The highest BCUT2D eigenvalue weighted by atomic mass is 15.1. The molecule has 0 unspecified atom stereocenters. The summed E-state index contributed by atoms with van der Waals surface area (Å²) in [5.41, 5.74) is 0.484. The van der Waals surface area contributed by atoms with E-state index in [1.807, 2.05) is 14.1 Å². The second-order valence-corrected chi connectivity index (χ2v) is 2.34. The minimum Gasteiger partial charge on any atom is -0.356 e. The molecule has 1 heterocycles. The molecule has 1 aromatic rings. The predicted molar refractivity (Wildman–Crippen MR) is 43.3 cm³/mol. The van der Waals surface area contributed by atoms with Crippen molar-refractivity contribution in [2.45, 2.75) is 0 Å². The van der Waals surface area contributed by atoms with Crippen molar-refractivity contribution in [2.24, 2.45) is 0 Å². The second-order valence-electron chi connectivity index (χ2n) is 2.34. The Bertz CT molecular complexity index is 287. The van der Waals surface area contributed by atoms with Crippen molar-refractivity contribution in [3.05, 3.63) is 23.3 Å². The third kappa shape index (κ3) is 1.44. The number of rotatable bonds is 1. The van der Waals surface area contributed by atoms with E-state index in [2.05, 4.69) is 9.96 Å². The molecule has 0 spiro atoms. The van der Waals surface area contributed by atoms with Gasteiger partial charge >= 0.3 is 5.69 Å². The van der Waals surface area contributed by atoms with Gasteiger partial charge in [0.2, 0.25) is 11.2 Å². The third-order valence-electron chi connectivity index (χ3n) is 1.30. The minimum absolute atomic E-state index is 0.484. The zero-order valence-electron chi connectivity index (χ0n) is 6.52. The van der Waals surface area contributed by atoms with Gasteiger partial charge in [0.25, 0.3) is 0 Å². The summed E-state index contributed by atoms with van der Waals surface area (Å²) in [6.45, 7) is 0. The molecule has 0 atom stereocenters. The van der Waals surface area contributed by atoms with E-state index in [1.54, 1.807) is 23.2 Å². The van der Waals surface area contributed by atoms with Gasteiger partial charge in [0.1, 0.15) is 0 Å². The SMILES string of the molecule is CN(C)c1ncccc1[N+]#N. The maximum absolute atomic E-state index is 8.53. The van der Waals surface area contributed by atoms with Crippen LogP contribution in [0.1, 0.15) is 0 Å². The molecule has 4 heteroatoms. The highest BCUT2D eigenvalue weighted by molar-refractivity contribution is 5.64. The lowest BCUT2D eigenvalue weighted by atomic mass is 10.4. The van der Waals surface area contributed by atoms with Gasteiger partial charge < -0.3 is 4.90 Å². The van der Waals surface area contributed by atoms with Gasteiger partial charge in [-0.2, -0.15) is 0 Å². The largest absolute Gasteiger partial charge is 0.426 e. The average Bonchev–Trinajstić information content (AvgIpc) is 2.04. The maximum Gasteiger partial charge on any atom is 0.426 e. The summed E-state index contributed by atoms with van der Waals surface area (Å²) in [6, 6.07) is 3.42. The van der Waals surface area contributed by atoms with Crippen LogP contribution in [0.5, 0.6) is 0 Å². The smallest absolute Gasteiger partial charge is 0.356 e. The molecule has 0 fully saturated rings. The molecule has 0 saturated heterocycles. The second kappa shape index (κ2) is 2.97. The summed E-state index contributed by atoms with van der Waals surface area (Å²) >= 11 is 0. The summed E-state index contributed by atoms with van der Waals surface area (Å²) in [5, 5.41) is 8.53. The standard InChI is InChI=1S/C7H9N4/c1-11(2)7-6(10-8)4-3-5-9-7/h3-5H,1-2H3/q+1. The molecule has 0 aliphatic carbocycles. The lowest BCUT2D eigenvalue weighted by molar-refractivity contribution is 1.07. The first-order valence-corrected chi connectivity index (χ1v) is 3.23. The summed E-state index contributed by atoms with van der Waals surface area (Å²) in [4.78, 5) is 8.90. The van der Waals surface area contributed by atoms with E-state index in [0.717, 1.165) is 0 Å². The van der Waals surface area contributed by atoms with Crippen LogP contribution >= 0.6 is 0 Å². The molecular formula is C7H9N4+. The summed E-state index contributed by atoms with van der Waals surface area (Å²) < 4.78 is 0. The van der Waals surface area contributed by atoms with Crippen molar-refractivity contribution in [1.82, 2.24) is 4.98 Å². The first-order valence-electron chi connectivity index (χ1n) is 3.23. The Morgan fingerprint density at radius 1 is 1.55 bits per heavy atom. The number of hydrogen-bond donors (Lipinski definition) is 0. The van der Waals surface area contributed by atoms with Gasteiger partial charge in [0, 0.05) is 26.4 Å². The van der Waals surface area contributed by atoms with E-state index in [-0.39, 0.29) is 0 Å².